The number of H-pyrrole nitrogens is 1. The Balaban J connectivity index is 1.59. The van der Waals surface area contributed by atoms with Gasteiger partial charge in [0.15, 0.2) is 18.3 Å². The van der Waals surface area contributed by atoms with E-state index in [1.165, 1.54) is 14.0 Å². The number of fused-ring (bicyclic) bond motifs is 1. The Morgan fingerprint density at radius 3 is 2.00 bits per heavy atom. The van der Waals surface area contributed by atoms with Gasteiger partial charge in [0.2, 0.25) is 5.91 Å². The lowest BCUT2D eigenvalue weighted by Gasteiger charge is -2.44. The summed E-state index contributed by atoms with van der Waals surface area (Å²) in [5.41, 5.74) is 0.281. The van der Waals surface area contributed by atoms with Crippen molar-refractivity contribution in [1.29, 1.82) is 0 Å². The van der Waals surface area contributed by atoms with Gasteiger partial charge in [0.25, 0.3) is 0 Å². The predicted octanol–water partition coefficient (Wildman–Crippen LogP) is 3.68. The van der Waals surface area contributed by atoms with Crippen LogP contribution in [0.15, 0.2) is 59.6 Å². The molecule has 18 heteroatoms. The van der Waals surface area contributed by atoms with Gasteiger partial charge in [0.1, 0.15) is 35.8 Å². The summed E-state index contributed by atoms with van der Waals surface area (Å²) in [5.74, 6) is -4.22. The molecule has 1 fully saturated rings. The van der Waals surface area contributed by atoms with Crippen molar-refractivity contribution in [3.63, 3.8) is 0 Å². The van der Waals surface area contributed by atoms with Crippen molar-refractivity contribution in [1.82, 2.24) is 15.6 Å². The van der Waals surface area contributed by atoms with Gasteiger partial charge in [-0.2, -0.15) is 0 Å². The topological polar surface area (TPSA) is 224 Å². The first-order valence-electron chi connectivity index (χ1n) is 18.3. The van der Waals surface area contributed by atoms with Crippen LogP contribution in [-0.4, -0.2) is 108 Å². The normalized spacial score (nSPS) is 20.1. The summed E-state index contributed by atoms with van der Waals surface area (Å²) in [6, 6.07) is 12.0. The van der Waals surface area contributed by atoms with Crippen LogP contribution in [0.25, 0.3) is 10.9 Å². The van der Waals surface area contributed by atoms with Gasteiger partial charge >= 0.3 is 35.9 Å². The van der Waals surface area contributed by atoms with Crippen molar-refractivity contribution in [2.24, 2.45) is 0 Å². The van der Waals surface area contributed by atoms with Crippen molar-refractivity contribution in [2.45, 2.75) is 114 Å². The van der Waals surface area contributed by atoms with E-state index < -0.39 is 89.4 Å². The number of hydrogen-bond donors (Lipinski definition) is 3. The molecular weight excluding hydrogens is 779 g/mol. The molecule has 2 amide bonds. The number of benzene rings is 2. The fourth-order valence-electron chi connectivity index (χ4n) is 6.14. The fourth-order valence-corrected chi connectivity index (χ4v) is 7.25. The number of amides is 2. The minimum atomic E-state index is -1.33. The van der Waals surface area contributed by atoms with Gasteiger partial charge in [-0.15, -0.1) is 0 Å². The first-order valence-corrected chi connectivity index (χ1v) is 19.2. The number of hydrogen-bond acceptors (Lipinski definition) is 15. The molecule has 1 aliphatic heterocycles. The van der Waals surface area contributed by atoms with Gasteiger partial charge < -0.3 is 48.8 Å². The van der Waals surface area contributed by atoms with E-state index in [4.69, 9.17) is 33.2 Å². The fraction of sp³-hybridized carbons (Fsp3) is 0.475. The number of aromatic amines is 1. The van der Waals surface area contributed by atoms with E-state index in [1.807, 2.05) is 24.3 Å². The molecule has 7 atom stereocenters. The lowest BCUT2D eigenvalue weighted by atomic mass is 9.99. The second kappa shape index (κ2) is 20.2. The number of esters is 5. The molecular formula is C40H49N3O14S. The maximum absolute atomic E-state index is 13.9. The summed E-state index contributed by atoms with van der Waals surface area (Å²) in [4.78, 5) is 91.8. The maximum atomic E-state index is 13.9. The molecule has 0 saturated carbocycles. The van der Waals surface area contributed by atoms with E-state index in [0.29, 0.717) is 10.5 Å². The molecule has 314 valence electrons. The number of aromatic nitrogens is 1. The molecule has 17 nitrogen and oxygen atoms in total. The molecule has 4 rings (SSSR count). The zero-order valence-electron chi connectivity index (χ0n) is 33.5. The van der Waals surface area contributed by atoms with E-state index in [2.05, 4.69) is 15.6 Å². The second-order valence-corrected chi connectivity index (χ2v) is 15.6. The monoisotopic (exact) mass is 827 g/mol. The number of carbonyl (C=O) groups is 7. The van der Waals surface area contributed by atoms with E-state index >= 15 is 0 Å². The third kappa shape index (κ3) is 13.2. The molecule has 3 N–H and O–H groups in total. The molecule has 0 bridgehead atoms. The van der Waals surface area contributed by atoms with Crippen LogP contribution in [0.5, 0.6) is 0 Å². The summed E-state index contributed by atoms with van der Waals surface area (Å²) in [6.07, 6.45) is -4.06. The van der Waals surface area contributed by atoms with Crippen LogP contribution < -0.4 is 10.6 Å². The van der Waals surface area contributed by atoms with Crippen molar-refractivity contribution in [2.75, 3.05) is 13.7 Å². The summed E-state index contributed by atoms with van der Waals surface area (Å²) >= 11 is 1.08. The summed E-state index contributed by atoms with van der Waals surface area (Å²) in [5, 5.41) is 6.23. The third-order valence-electron chi connectivity index (χ3n) is 8.47. The van der Waals surface area contributed by atoms with Gasteiger partial charge in [0, 0.05) is 62.5 Å². The van der Waals surface area contributed by atoms with Crippen LogP contribution in [0, 0.1) is 0 Å². The van der Waals surface area contributed by atoms with E-state index in [9.17, 15) is 33.6 Å². The maximum Gasteiger partial charge on any atom is 0.408 e. The van der Waals surface area contributed by atoms with Crippen LogP contribution in [0.3, 0.4) is 0 Å². The highest BCUT2D eigenvalue weighted by molar-refractivity contribution is 7.99. The summed E-state index contributed by atoms with van der Waals surface area (Å²) in [7, 11) is 1.22. The quantitative estimate of drug-likeness (QED) is 0.147. The summed E-state index contributed by atoms with van der Waals surface area (Å²) in [6.45, 7) is 9.27. The SMILES string of the molecule is COC(=O)[C@@H](Cc1c[nH]c2ccccc12)NC(=O)[C@H](Cc1ccc(S[C@@H]2OC(COC(C)=O)[C@@H](OC(C)=O)C(OC(C)=O)C2OC(C)=O)cc1)NC(=O)OC(C)(C)C. The smallest absolute Gasteiger partial charge is 0.408 e. The molecule has 58 heavy (non-hydrogen) atoms. The van der Waals surface area contributed by atoms with E-state index in [1.54, 1.807) is 51.2 Å². The molecule has 3 aromatic rings. The van der Waals surface area contributed by atoms with Crippen molar-refractivity contribution in [3.05, 3.63) is 65.9 Å². The third-order valence-corrected chi connectivity index (χ3v) is 9.63. The van der Waals surface area contributed by atoms with Crippen LogP contribution in [-0.2, 0) is 74.8 Å². The molecule has 2 aromatic carbocycles. The van der Waals surface area contributed by atoms with Gasteiger partial charge in [-0.05, 0) is 50.1 Å². The Bertz CT molecular complexity index is 1960. The number of thioether (sulfide) groups is 1. The number of nitrogens with one attached hydrogen (secondary N) is 3. The Morgan fingerprint density at radius 2 is 1.40 bits per heavy atom. The number of para-hydroxylation sites is 1. The lowest BCUT2D eigenvalue weighted by Crippen LogP contribution is -2.61. The van der Waals surface area contributed by atoms with Crippen molar-refractivity contribution < 1.29 is 66.7 Å². The predicted molar refractivity (Wildman–Crippen MR) is 207 cm³/mol. The van der Waals surface area contributed by atoms with Gasteiger partial charge in [-0.25, -0.2) is 9.59 Å². The summed E-state index contributed by atoms with van der Waals surface area (Å²) < 4.78 is 38.4. The standard InChI is InChI=1S/C40H49N3O14S/c1-21(44)52-20-32-33(53-22(2)45)34(54-23(3)46)35(55-24(4)47)38(56-32)58-27-15-13-25(14-16-27)17-30(43-39(50)57-40(5,6)7)36(48)42-31(37(49)51-8)18-26-19-41-29-12-10-9-11-28(26)29/h9-16,19,30-35,38,41H,17-18,20H2,1-8H3,(H,42,48)(H,43,50)/t30-,31+,32?,33+,34?,35?,38-/m0/s1. The Kier molecular flexibility index (Phi) is 15.7. The first-order chi connectivity index (χ1) is 27.3. The Morgan fingerprint density at radius 1 is 0.776 bits per heavy atom. The molecule has 3 unspecified atom stereocenters. The first kappa shape index (κ1) is 45.1. The van der Waals surface area contributed by atoms with Gasteiger partial charge in [-0.1, -0.05) is 42.1 Å². The average Bonchev–Trinajstić information content (AvgIpc) is 3.54. The van der Waals surface area contributed by atoms with Crippen LogP contribution in [0.2, 0.25) is 0 Å². The largest absolute Gasteiger partial charge is 0.467 e. The molecule has 0 aliphatic carbocycles. The highest BCUT2D eigenvalue weighted by Gasteiger charge is 2.52. The molecule has 0 spiro atoms. The molecule has 1 aliphatic rings. The Labute approximate surface area is 339 Å². The minimum Gasteiger partial charge on any atom is -0.467 e. The van der Waals surface area contributed by atoms with Gasteiger partial charge in [0.05, 0.1) is 7.11 Å². The van der Waals surface area contributed by atoms with Crippen LogP contribution >= 0.6 is 11.8 Å². The second-order valence-electron chi connectivity index (χ2n) is 14.4. The number of methoxy groups -OCH3 is 1. The Hall–Kier alpha value is -5.62. The van der Waals surface area contributed by atoms with Gasteiger partial charge in [-0.3, -0.25) is 24.0 Å². The number of alkyl carbamates (subject to hydrolysis) is 1. The average molecular weight is 828 g/mol. The molecule has 2 heterocycles. The number of rotatable bonds is 15. The molecule has 1 saturated heterocycles. The molecule has 0 radical (unpaired) electrons. The zero-order chi connectivity index (χ0) is 42.7. The minimum absolute atomic E-state index is 0.0317. The van der Waals surface area contributed by atoms with Crippen LogP contribution in [0.1, 0.15) is 59.6 Å². The number of carbonyl (C=O) groups excluding carboxylic acids is 7. The highest BCUT2D eigenvalue weighted by atomic mass is 32.2. The van der Waals surface area contributed by atoms with Crippen molar-refractivity contribution in [3.8, 4) is 0 Å². The lowest BCUT2D eigenvalue weighted by molar-refractivity contribution is -0.237. The zero-order valence-corrected chi connectivity index (χ0v) is 34.3. The number of ether oxygens (including phenoxy) is 7. The molecule has 1 aromatic heterocycles. The van der Waals surface area contributed by atoms with E-state index in [0.717, 1.165) is 49.0 Å². The van der Waals surface area contributed by atoms with Crippen LogP contribution in [0.4, 0.5) is 4.79 Å². The van der Waals surface area contributed by atoms with Crippen molar-refractivity contribution >= 4 is 64.5 Å². The highest BCUT2D eigenvalue weighted by Crippen LogP contribution is 2.38. The van der Waals surface area contributed by atoms with E-state index in [-0.39, 0.29) is 19.4 Å².